The van der Waals surface area contributed by atoms with Crippen LogP contribution in [-0.4, -0.2) is 35.2 Å². The number of hydrogen-bond acceptors (Lipinski definition) is 4. The minimum Gasteiger partial charge on any atom is -0.466 e. The van der Waals surface area contributed by atoms with Crippen LogP contribution in [0.5, 0.6) is 0 Å². The van der Waals surface area contributed by atoms with Crippen molar-refractivity contribution >= 4 is 45.4 Å². The Morgan fingerprint density at radius 3 is 2.82 bits per heavy atom. The lowest BCUT2D eigenvalue weighted by Gasteiger charge is -2.23. The van der Waals surface area contributed by atoms with Crippen LogP contribution in [0.3, 0.4) is 0 Å². The van der Waals surface area contributed by atoms with Crippen molar-refractivity contribution in [2.75, 3.05) is 13.7 Å². The Hall–Kier alpha value is -1.61. The number of esters is 1. The Labute approximate surface area is 141 Å². The Balaban J connectivity index is 2.10. The molecule has 7 heteroatoms. The van der Waals surface area contributed by atoms with Gasteiger partial charge < -0.3 is 9.30 Å². The van der Waals surface area contributed by atoms with Crippen LogP contribution in [0.2, 0.25) is 0 Å². The minimum atomic E-state index is -0.526. The fraction of sp³-hybridized carbons (Fsp3) is 0.333. The second kappa shape index (κ2) is 5.88. The summed E-state index contributed by atoms with van der Waals surface area (Å²) in [5.74, 6) is -0.606. The Bertz CT molecular complexity index is 755. The average molecular weight is 414 g/mol. The van der Waals surface area contributed by atoms with Crippen LogP contribution in [0.15, 0.2) is 24.3 Å². The third-order valence-electron chi connectivity index (χ3n) is 3.64. The molecule has 0 saturated carbocycles. The van der Waals surface area contributed by atoms with Crippen molar-refractivity contribution in [1.82, 2.24) is 9.63 Å². The van der Waals surface area contributed by atoms with E-state index in [-0.39, 0.29) is 18.3 Å². The summed E-state index contributed by atoms with van der Waals surface area (Å²) in [5.41, 5.74) is 1.43. The first-order valence-electron chi connectivity index (χ1n) is 6.90. The molecule has 1 aliphatic rings. The van der Waals surface area contributed by atoms with E-state index in [1.807, 2.05) is 28.8 Å². The van der Waals surface area contributed by atoms with E-state index in [2.05, 4.69) is 22.6 Å². The van der Waals surface area contributed by atoms with Crippen LogP contribution in [-0.2, 0) is 14.4 Å². The summed E-state index contributed by atoms with van der Waals surface area (Å²) in [6.45, 7) is 2.06. The Kier molecular flexibility index (Phi) is 4.09. The number of benzene rings is 1. The molecule has 0 N–H and O–H groups in total. The lowest BCUT2D eigenvalue weighted by Crippen LogP contribution is -2.30. The molecule has 1 aliphatic heterocycles. The number of fused-ring (bicyclic) bond motifs is 3. The number of nitrogens with zero attached hydrogens (tertiary/aromatic N) is 2. The SMILES string of the molecule is CCOC(=O)CC1N(OC)C(=O)c2cc3ccc(I)cc3n21. The maximum absolute atomic E-state index is 12.5. The van der Waals surface area contributed by atoms with E-state index >= 15 is 0 Å². The first-order chi connectivity index (χ1) is 10.6. The zero-order valence-electron chi connectivity index (χ0n) is 12.2. The number of rotatable bonds is 4. The largest absolute Gasteiger partial charge is 0.466 e. The molecule has 0 spiro atoms. The van der Waals surface area contributed by atoms with Crippen molar-refractivity contribution in [1.29, 1.82) is 0 Å². The number of ether oxygens (including phenoxy) is 1. The number of carbonyl (C=O) groups is 2. The number of halogens is 1. The van der Waals surface area contributed by atoms with Gasteiger partial charge in [-0.2, -0.15) is 5.06 Å². The van der Waals surface area contributed by atoms with E-state index in [9.17, 15) is 9.59 Å². The summed E-state index contributed by atoms with van der Waals surface area (Å²) in [5, 5.41) is 2.19. The third-order valence-corrected chi connectivity index (χ3v) is 4.31. The van der Waals surface area contributed by atoms with Crippen LogP contribution in [0.1, 0.15) is 30.0 Å². The van der Waals surface area contributed by atoms with Gasteiger partial charge in [-0.1, -0.05) is 6.07 Å². The zero-order valence-corrected chi connectivity index (χ0v) is 14.4. The van der Waals surface area contributed by atoms with Gasteiger partial charge in [-0.05, 0) is 47.7 Å². The number of hydrogen-bond donors (Lipinski definition) is 0. The molecule has 2 aromatic rings. The van der Waals surface area contributed by atoms with Crippen LogP contribution >= 0.6 is 22.6 Å². The summed E-state index contributed by atoms with van der Waals surface area (Å²) in [4.78, 5) is 29.5. The van der Waals surface area contributed by atoms with E-state index < -0.39 is 6.17 Å². The number of aromatic nitrogens is 1. The van der Waals surface area contributed by atoms with Gasteiger partial charge in [-0.25, -0.2) is 0 Å². The zero-order chi connectivity index (χ0) is 15.9. The molecule has 0 aliphatic carbocycles. The molecule has 1 atom stereocenters. The molecular formula is C15H15IN2O4. The highest BCUT2D eigenvalue weighted by Crippen LogP contribution is 2.36. The highest BCUT2D eigenvalue weighted by Gasteiger charge is 2.40. The summed E-state index contributed by atoms with van der Waals surface area (Å²) in [6.07, 6.45) is -0.474. The van der Waals surface area contributed by atoms with Crippen LogP contribution in [0.4, 0.5) is 0 Å². The molecule has 6 nitrogen and oxygen atoms in total. The lowest BCUT2D eigenvalue weighted by molar-refractivity contribution is -0.157. The van der Waals surface area contributed by atoms with Gasteiger partial charge in [0.2, 0.25) is 0 Å². The standard InChI is InChI=1S/C15H15IN2O4/c1-3-22-14(19)8-13-17-11-7-10(16)5-4-9(11)6-12(17)15(20)18(13)21-2/h4-7,13H,3,8H2,1-2H3. The maximum atomic E-state index is 12.5. The molecule has 1 aromatic carbocycles. The van der Waals surface area contributed by atoms with Crippen molar-refractivity contribution in [2.45, 2.75) is 19.5 Å². The first-order valence-corrected chi connectivity index (χ1v) is 7.98. The quantitative estimate of drug-likeness (QED) is 0.571. The molecule has 1 aromatic heterocycles. The molecular weight excluding hydrogens is 399 g/mol. The second-order valence-electron chi connectivity index (χ2n) is 4.91. The molecule has 2 heterocycles. The van der Waals surface area contributed by atoms with Gasteiger partial charge in [-0.15, -0.1) is 0 Å². The number of amides is 1. The molecule has 3 rings (SSSR count). The molecule has 0 fully saturated rings. The molecule has 0 saturated heterocycles. The normalized spacial score (nSPS) is 17.1. The van der Waals surface area contributed by atoms with Crippen molar-refractivity contribution in [3.8, 4) is 0 Å². The van der Waals surface area contributed by atoms with Crippen LogP contribution < -0.4 is 0 Å². The van der Waals surface area contributed by atoms with E-state index in [4.69, 9.17) is 9.57 Å². The van der Waals surface area contributed by atoms with E-state index in [1.165, 1.54) is 12.2 Å². The average Bonchev–Trinajstić information content (AvgIpc) is 2.96. The van der Waals surface area contributed by atoms with Crippen molar-refractivity contribution < 1.29 is 19.2 Å². The van der Waals surface area contributed by atoms with Gasteiger partial charge in [-0.3, -0.25) is 14.4 Å². The van der Waals surface area contributed by atoms with Crippen molar-refractivity contribution in [3.05, 3.63) is 33.5 Å². The van der Waals surface area contributed by atoms with Gasteiger partial charge in [0.15, 0.2) is 0 Å². The summed E-state index contributed by atoms with van der Waals surface area (Å²) < 4.78 is 7.92. The van der Waals surface area contributed by atoms with E-state index in [0.717, 1.165) is 14.5 Å². The predicted molar refractivity (Wildman–Crippen MR) is 88.1 cm³/mol. The molecule has 116 valence electrons. The van der Waals surface area contributed by atoms with E-state index in [1.54, 1.807) is 6.92 Å². The Morgan fingerprint density at radius 1 is 1.36 bits per heavy atom. The smallest absolute Gasteiger partial charge is 0.309 e. The fourth-order valence-electron chi connectivity index (χ4n) is 2.78. The molecule has 0 bridgehead atoms. The van der Waals surface area contributed by atoms with Crippen LogP contribution in [0.25, 0.3) is 10.9 Å². The molecule has 1 amide bonds. The summed E-state index contributed by atoms with van der Waals surface area (Å²) in [6, 6.07) is 7.76. The van der Waals surface area contributed by atoms with Gasteiger partial charge in [0.05, 0.1) is 25.7 Å². The van der Waals surface area contributed by atoms with Crippen molar-refractivity contribution in [2.24, 2.45) is 0 Å². The summed E-state index contributed by atoms with van der Waals surface area (Å²) in [7, 11) is 1.43. The van der Waals surface area contributed by atoms with Gasteiger partial charge >= 0.3 is 5.97 Å². The Morgan fingerprint density at radius 2 is 2.14 bits per heavy atom. The second-order valence-corrected chi connectivity index (χ2v) is 6.15. The highest BCUT2D eigenvalue weighted by atomic mass is 127. The topological polar surface area (TPSA) is 60.8 Å². The lowest BCUT2D eigenvalue weighted by atomic mass is 10.2. The molecule has 22 heavy (non-hydrogen) atoms. The van der Waals surface area contributed by atoms with Crippen LogP contribution in [0, 0.1) is 3.57 Å². The fourth-order valence-corrected chi connectivity index (χ4v) is 3.26. The van der Waals surface area contributed by atoms with Gasteiger partial charge in [0, 0.05) is 8.96 Å². The number of hydroxylamine groups is 2. The molecule has 0 radical (unpaired) electrons. The first kappa shape index (κ1) is 15.3. The predicted octanol–water partition coefficient (Wildman–Crippen LogP) is 2.71. The minimum absolute atomic E-state index is 0.0513. The third kappa shape index (κ3) is 2.38. The number of carbonyl (C=O) groups excluding carboxylic acids is 2. The van der Waals surface area contributed by atoms with Crippen molar-refractivity contribution in [3.63, 3.8) is 0 Å². The summed E-state index contributed by atoms with van der Waals surface area (Å²) >= 11 is 2.22. The van der Waals surface area contributed by atoms with Gasteiger partial charge in [0.1, 0.15) is 11.9 Å². The molecule has 1 unspecified atom stereocenters. The highest BCUT2D eigenvalue weighted by molar-refractivity contribution is 14.1. The van der Waals surface area contributed by atoms with E-state index in [0.29, 0.717) is 12.3 Å². The monoisotopic (exact) mass is 414 g/mol. The van der Waals surface area contributed by atoms with Gasteiger partial charge in [0.25, 0.3) is 5.91 Å². The maximum Gasteiger partial charge on any atom is 0.309 e.